The maximum atomic E-state index is 12.8. The number of fused-ring (bicyclic) bond motifs is 3. The Morgan fingerprint density at radius 3 is 2.64 bits per heavy atom. The highest BCUT2D eigenvalue weighted by atomic mass is 19.1. The lowest BCUT2D eigenvalue weighted by Gasteiger charge is -2.52. The van der Waals surface area contributed by atoms with Gasteiger partial charge in [-0.1, -0.05) is 6.92 Å². The van der Waals surface area contributed by atoms with E-state index in [1.54, 1.807) is 12.3 Å². The third-order valence-corrected chi connectivity index (χ3v) is 5.71. The van der Waals surface area contributed by atoms with Crippen molar-refractivity contribution in [2.45, 2.75) is 70.6 Å². The SMILES string of the molecule is C[C@@H](F)COc1cc(CNC(=O)NC23CCC(C)(CC2)CC3)ccn1. The molecule has 2 amide bonds. The third-order valence-electron chi connectivity index (χ3n) is 5.71. The highest BCUT2D eigenvalue weighted by Gasteiger charge is 2.46. The molecule has 3 aliphatic rings. The number of aromatic nitrogens is 1. The molecule has 3 aliphatic carbocycles. The molecule has 6 heteroatoms. The Kier molecular flexibility index (Phi) is 5.16. The molecule has 1 aromatic rings. The van der Waals surface area contributed by atoms with Gasteiger partial charge in [0.25, 0.3) is 0 Å². The molecular formula is C19H28FN3O2. The predicted molar refractivity (Wildman–Crippen MR) is 94.2 cm³/mol. The Morgan fingerprint density at radius 2 is 2.00 bits per heavy atom. The van der Waals surface area contributed by atoms with Gasteiger partial charge in [-0.05, 0) is 62.5 Å². The zero-order valence-electron chi connectivity index (χ0n) is 15.1. The molecule has 3 saturated carbocycles. The molecule has 0 unspecified atom stereocenters. The second-order valence-electron chi connectivity index (χ2n) is 7.99. The molecule has 5 nitrogen and oxygen atoms in total. The van der Waals surface area contributed by atoms with Gasteiger partial charge in [0.15, 0.2) is 0 Å². The molecule has 0 aliphatic heterocycles. The number of nitrogens with zero attached hydrogens (tertiary/aromatic N) is 1. The standard InChI is InChI=1S/C19H28FN3O2/c1-14(20)13-25-16-11-15(3-10-21-16)12-22-17(24)23-19-7-4-18(2,5-8-19)6-9-19/h3,10-11,14H,4-9,12-13H2,1-2H3,(H2,22,23,24)/t14-,18?,19?/m1/s1. The van der Waals surface area contributed by atoms with Gasteiger partial charge in [0, 0.05) is 24.3 Å². The number of pyridine rings is 1. The van der Waals surface area contributed by atoms with Crippen molar-refractivity contribution >= 4 is 6.03 Å². The van der Waals surface area contributed by atoms with Crippen LogP contribution in [0.25, 0.3) is 0 Å². The van der Waals surface area contributed by atoms with Crippen molar-refractivity contribution in [3.8, 4) is 5.88 Å². The van der Waals surface area contributed by atoms with Crippen LogP contribution in [0, 0.1) is 5.41 Å². The maximum absolute atomic E-state index is 12.8. The van der Waals surface area contributed by atoms with E-state index < -0.39 is 6.17 Å². The molecule has 4 rings (SSSR count). The second kappa shape index (κ2) is 7.18. The number of carbonyl (C=O) groups excluding carboxylic acids is 1. The summed E-state index contributed by atoms with van der Waals surface area (Å²) in [6.45, 7) is 4.17. The Morgan fingerprint density at radius 1 is 1.32 bits per heavy atom. The van der Waals surface area contributed by atoms with Crippen molar-refractivity contribution in [3.05, 3.63) is 23.9 Å². The Balaban J connectivity index is 1.48. The third kappa shape index (κ3) is 4.61. The second-order valence-corrected chi connectivity index (χ2v) is 7.99. The molecular weight excluding hydrogens is 321 g/mol. The highest BCUT2D eigenvalue weighted by molar-refractivity contribution is 5.74. The van der Waals surface area contributed by atoms with Crippen LogP contribution in [0.4, 0.5) is 9.18 Å². The average Bonchev–Trinajstić information content (AvgIpc) is 2.60. The quantitative estimate of drug-likeness (QED) is 0.822. The molecule has 2 N–H and O–H groups in total. The van der Waals surface area contributed by atoms with Gasteiger partial charge in [-0.15, -0.1) is 0 Å². The van der Waals surface area contributed by atoms with Gasteiger partial charge in [-0.2, -0.15) is 0 Å². The maximum Gasteiger partial charge on any atom is 0.315 e. The van der Waals surface area contributed by atoms with Gasteiger partial charge >= 0.3 is 6.03 Å². The van der Waals surface area contributed by atoms with Crippen molar-refractivity contribution in [1.29, 1.82) is 0 Å². The summed E-state index contributed by atoms with van der Waals surface area (Å²) in [7, 11) is 0. The Hall–Kier alpha value is -1.85. The van der Waals surface area contributed by atoms with Crippen molar-refractivity contribution < 1.29 is 13.9 Å². The smallest absolute Gasteiger partial charge is 0.315 e. The molecule has 138 valence electrons. The average molecular weight is 349 g/mol. The summed E-state index contributed by atoms with van der Waals surface area (Å²) in [6, 6.07) is 3.42. The molecule has 0 radical (unpaired) electrons. The number of halogens is 1. The first kappa shape index (κ1) is 18.0. The number of ether oxygens (including phenoxy) is 1. The van der Waals surface area contributed by atoms with E-state index in [2.05, 4.69) is 22.5 Å². The number of rotatable bonds is 6. The summed E-state index contributed by atoms with van der Waals surface area (Å²) in [5, 5.41) is 6.13. The van der Waals surface area contributed by atoms with E-state index in [1.807, 2.05) is 6.07 Å². The first-order valence-electron chi connectivity index (χ1n) is 9.16. The van der Waals surface area contributed by atoms with E-state index in [9.17, 15) is 9.18 Å². The fraction of sp³-hybridized carbons (Fsp3) is 0.684. The fourth-order valence-electron chi connectivity index (χ4n) is 3.87. The summed E-state index contributed by atoms with van der Waals surface area (Å²) in [5.74, 6) is 0.377. The molecule has 1 aromatic heterocycles. The number of nitrogens with one attached hydrogen (secondary N) is 2. The summed E-state index contributed by atoms with van der Waals surface area (Å²) < 4.78 is 18.1. The van der Waals surface area contributed by atoms with Crippen LogP contribution in [0.2, 0.25) is 0 Å². The van der Waals surface area contributed by atoms with Crippen LogP contribution in [-0.2, 0) is 6.54 Å². The molecule has 0 aromatic carbocycles. The largest absolute Gasteiger partial charge is 0.475 e. The molecule has 0 spiro atoms. The van der Waals surface area contributed by atoms with Crippen LogP contribution in [-0.4, -0.2) is 29.3 Å². The number of hydrogen-bond acceptors (Lipinski definition) is 3. The fourth-order valence-corrected chi connectivity index (χ4v) is 3.87. The zero-order valence-corrected chi connectivity index (χ0v) is 15.1. The molecule has 2 bridgehead atoms. The van der Waals surface area contributed by atoms with Crippen molar-refractivity contribution in [1.82, 2.24) is 15.6 Å². The van der Waals surface area contributed by atoms with Crippen molar-refractivity contribution in [3.63, 3.8) is 0 Å². The van der Waals surface area contributed by atoms with Crippen LogP contribution >= 0.6 is 0 Å². The minimum absolute atomic E-state index is 0.0220. The Labute approximate surface area is 148 Å². The molecule has 1 atom stereocenters. The number of hydrogen-bond donors (Lipinski definition) is 2. The van der Waals surface area contributed by atoms with Crippen LogP contribution in [0.15, 0.2) is 18.3 Å². The normalized spacial score (nSPS) is 29.1. The first-order chi connectivity index (χ1) is 11.9. The minimum atomic E-state index is -1.04. The van der Waals surface area contributed by atoms with E-state index in [4.69, 9.17) is 4.74 Å². The van der Waals surface area contributed by atoms with Crippen LogP contribution in [0.3, 0.4) is 0 Å². The lowest BCUT2D eigenvalue weighted by Crippen LogP contribution is -2.58. The lowest BCUT2D eigenvalue weighted by molar-refractivity contribution is 0.0433. The molecule has 1 heterocycles. The van der Waals surface area contributed by atoms with Crippen LogP contribution in [0.5, 0.6) is 5.88 Å². The summed E-state index contributed by atoms with van der Waals surface area (Å²) in [5.41, 5.74) is 1.35. The summed E-state index contributed by atoms with van der Waals surface area (Å²) >= 11 is 0. The monoisotopic (exact) mass is 349 g/mol. The van der Waals surface area contributed by atoms with Crippen molar-refractivity contribution in [2.75, 3.05) is 6.61 Å². The Bertz CT molecular complexity index is 596. The van der Waals surface area contributed by atoms with Gasteiger partial charge < -0.3 is 15.4 Å². The van der Waals surface area contributed by atoms with E-state index in [1.165, 1.54) is 26.2 Å². The van der Waals surface area contributed by atoms with Crippen LogP contribution < -0.4 is 15.4 Å². The zero-order chi connectivity index (χ0) is 17.9. The van der Waals surface area contributed by atoms with Gasteiger partial charge in [0.05, 0.1) is 0 Å². The lowest BCUT2D eigenvalue weighted by atomic mass is 9.58. The van der Waals surface area contributed by atoms with E-state index in [-0.39, 0.29) is 18.2 Å². The van der Waals surface area contributed by atoms with Gasteiger partial charge in [0.2, 0.25) is 5.88 Å². The number of alkyl halides is 1. The number of amides is 2. The summed E-state index contributed by atoms with van der Waals surface area (Å²) in [6.07, 6.45) is 7.39. The number of urea groups is 1. The van der Waals surface area contributed by atoms with E-state index >= 15 is 0 Å². The topological polar surface area (TPSA) is 63.2 Å². The number of carbonyl (C=O) groups is 1. The van der Waals surface area contributed by atoms with Gasteiger partial charge in [0.1, 0.15) is 12.8 Å². The van der Waals surface area contributed by atoms with Crippen LogP contribution in [0.1, 0.15) is 57.9 Å². The molecule has 3 fully saturated rings. The molecule has 0 saturated heterocycles. The first-order valence-corrected chi connectivity index (χ1v) is 9.16. The van der Waals surface area contributed by atoms with Crippen molar-refractivity contribution in [2.24, 2.45) is 5.41 Å². The van der Waals surface area contributed by atoms with E-state index in [0.29, 0.717) is 17.8 Å². The summed E-state index contributed by atoms with van der Waals surface area (Å²) in [4.78, 5) is 16.4. The van der Waals surface area contributed by atoms with Gasteiger partial charge in [-0.25, -0.2) is 14.2 Å². The minimum Gasteiger partial charge on any atom is -0.475 e. The predicted octanol–water partition coefficient (Wildman–Crippen LogP) is 3.73. The van der Waals surface area contributed by atoms with Gasteiger partial charge in [-0.3, -0.25) is 0 Å². The molecule has 25 heavy (non-hydrogen) atoms. The highest BCUT2D eigenvalue weighted by Crippen LogP contribution is 2.51. The van der Waals surface area contributed by atoms with E-state index in [0.717, 1.165) is 24.8 Å².